The number of aryl methyl sites for hydroxylation is 1. The molecule has 7 nitrogen and oxygen atoms in total. The lowest BCUT2D eigenvalue weighted by molar-refractivity contribution is 0.155. The van der Waals surface area contributed by atoms with Crippen molar-refractivity contribution < 1.29 is 14.3 Å². The zero-order valence-electron chi connectivity index (χ0n) is 15.6. The van der Waals surface area contributed by atoms with Gasteiger partial charge >= 0.3 is 6.09 Å². The second kappa shape index (κ2) is 8.15. The summed E-state index contributed by atoms with van der Waals surface area (Å²) in [6, 6.07) is 18.4. The van der Waals surface area contributed by atoms with Crippen molar-refractivity contribution in [2.45, 2.75) is 13.5 Å². The van der Waals surface area contributed by atoms with E-state index in [2.05, 4.69) is 15.3 Å². The summed E-state index contributed by atoms with van der Waals surface area (Å²) in [5.74, 6) is 1.00. The highest BCUT2D eigenvalue weighted by molar-refractivity contribution is 7.21. The molecule has 0 aliphatic heterocycles. The van der Waals surface area contributed by atoms with E-state index < -0.39 is 6.09 Å². The minimum atomic E-state index is -0.539. The monoisotopic (exact) mass is 406 g/mol. The fraction of sp³-hybridized carbons (Fsp3) is 0.0952. The predicted octanol–water partition coefficient (Wildman–Crippen LogP) is 5.12. The van der Waals surface area contributed by atoms with Crippen LogP contribution in [-0.4, -0.2) is 16.1 Å². The molecule has 2 aromatic carbocycles. The second-order valence-corrected chi connectivity index (χ2v) is 7.30. The number of thiazole rings is 1. The zero-order chi connectivity index (χ0) is 20.2. The molecule has 146 valence electrons. The predicted molar refractivity (Wildman–Crippen MR) is 113 cm³/mol. The number of rotatable bonds is 5. The van der Waals surface area contributed by atoms with E-state index in [1.165, 1.54) is 11.3 Å². The number of nitrogens with two attached hydrogens (primary N) is 1. The number of ether oxygens (including phenoxy) is 2. The van der Waals surface area contributed by atoms with Crippen LogP contribution < -0.4 is 15.8 Å². The van der Waals surface area contributed by atoms with E-state index in [0.29, 0.717) is 27.3 Å². The summed E-state index contributed by atoms with van der Waals surface area (Å²) in [4.78, 5) is 21.4. The smallest absolute Gasteiger partial charge is 0.411 e. The Labute approximate surface area is 171 Å². The van der Waals surface area contributed by atoms with Crippen LogP contribution in [0.25, 0.3) is 10.3 Å². The van der Waals surface area contributed by atoms with Gasteiger partial charge in [-0.15, -0.1) is 0 Å². The standard InChI is InChI=1S/C21H18N4O3S/c1-13-7-8-15(23-21(26)27-12-14-5-3-2-4-6-14)11-17(13)28-18-10-9-16-19(25-18)29-20(22)24-16/h2-11H,12H2,1H3,(H2,22,24)(H,23,26). The van der Waals surface area contributed by atoms with Crippen LogP contribution in [0, 0.1) is 6.92 Å². The molecule has 3 N–H and O–H groups in total. The summed E-state index contributed by atoms with van der Waals surface area (Å²) in [7, 11) is 0. The number of aromatic nitrogens is 2. The van der Waals surface area contributed by atoms with Crippen molar-refractivity contribution in [1.29, 1.82) is 0 Å². The minimum Gasteiger partial charge on any atom is -0.444 e. The van der Waals surface area contributed by atoms with Crippen molar-refractivity contribution in [3.63, 3.8) is 0 Å². The van der Waals surface area contributed by atoms with Gasteiger partial charge in [0.2, 0.25) is 5.88 Å². The van der Waals surface area contributed by atoms with Crippen LogP contribution in [0.4, 0.5) is 15.6 Å². The van der Waals surface area contributed by atoms with E-state index in [1.54, 1.807) is 18.2 Å². The third kappa shape index (κ3) is 4.61. The summed E-state index contributed by atoms with van der Waals surface area (Å²) in [5.41, 5.74) is 8.83. The highest BCUT2D eigenvalue weighted by atomic mass is 32.1. The average Bonchev–Trinajstić information content (AvgIpc) is 3.09. The molecule has 0 aliphatic rings. The minimum absolute atomic E-state index is 0.198. The molecule has 0 fully saturated rings. The summed E-state index contributed by atoms with van der Waals surface area (Å²) in [5, 5.41) is 3.17. The van der Waals surface area contributed by atoms with E-state index in [0.717, 1.165) is 16.6 Å². The Morgan fingerprint density at radius 2 is 1.93 bits per heavy atom. The Balaban J connectivity index is 1.44. The fourth-order valence-corrected chi connectivity index (χ4v) is 3.35. The maximum atomic E-state index is 12.1. The van der Waals surface area contributed by atoms with Crippen LogP contribution in [0.5, 0.6) is 11.6 Å². The van der Waals surface area contributed by atoms with Gasteiger partial charge in [0.25, 0.3) is 0 Å². The van der Waals surface area contributed by atoms with Gasteiger partial charge < -0.3 is 15.2 Å². The van der Waals surface area contributed by atoms with Gasteiger partial charge in [-0.05, 0) is 30.2 Å². The summed E-state index contributed by atoms with van der Waals surface area (Å²) in [6.07, 6.45) is -0.539. The van der Waals surface area contributed by atoms with Crippen LogP contribution in [0.1, 0.15) is 11.1 Å². The number of carbonyl (C=O) groups is 1. The fourth-order valence-electron chi connectivity index (χ4n) is 2.65. The van der Waals surface area contributed by atoms with Gasteiger partial charge in [0.05, 0.1) is 0 Å². The van der Waals surface area contributed by atoms with Crippen molar-refractivity contribution in [3.05, 3.63) is 71.8 Å². The molecule has 2 heterocycles. The van der Waals surface area contributed by atoms with Gasteiger partial charge in [-0.3, -0.25) is 5.32 Å². The Morgan fingerprint density at radius 3 is 2.76 bits per heavy atom. The first kappa shape index (κ1) is 18.7. The first-order chi connectivity index (χ1) is 14.1. The number of nitrogen functional groups attached to an aromatic ring is 1. The van der Waals surface area contributed by atoms with Crippen molar-refractivity contribution >= 4 is 38.6 Å². The summed E-state index contributed by atoms with van der Waals surface area (Å²) < 4.78 is 11.2. The number of anilines is 2. The molecule has 8 heteroatoms. The third-order valence-corrected chi connectivity index (χ3v) is 4.90. The van der Waals surface area contributed by atoms with E-state index in [9.17, 15) is 4.79 Å². The molecule has 0 saturated heterocycles. The van der Waals surface area contributed by atoms with E-state index in [-0.39, 0.29) is 6.61 Å². The maximum Gasteiger partial charge on any atom is 0.411 e. The first-order valence-electron chi connectivity index (χ1n) is 8.86. The molecule has 0 atom stereocenters. The molecule has 0 radical (unpaired) electrons. The molecule has 0 spiro atoms. The van der Waals surface area contributed by atoms with Crippen LogP contribution in [0.3, 0.4) is 0 Å². The number of fused-ring (bicyclic) bond motifs is 1. The molecule has 1 amide bonds. The lowest BCUT2D eigenvalue weighted by Gasteiger charge is -2.11. The van der Waals surface area contributed by atoms with Crippen LogP contribution >= 0.6 is 11.3 Å². The number of carbonyl (C=O) groups excluding carboxylic acids is 1. The molecule has 29 heavy (non-hydrogen) atoms. The molecular weight excluding hydrogens is 388 g/mol. The number of pyridine rings is 1. The zero-order valence-corrected chi connectivity index (χ0v) is 16.4. The number of nitrogens with zero attached hydrogens (tertiary/aromatic N) is 2. The normalized spacial score (nSPS) is 10.7. The van der Waals surface area contributed by atoms with Crippen LogP contribution in [0.2, 0.25) is 0 Å². The van der Waals surface area contributed by atoms with E-state index in [4.69, 9.17) is 15.2 Å². The average molecular weight is 406 g/mol. The van der Waals surface area contributed by atoms with Crippen molar-refractivity contribution in [1.82, 2.24) is 9.97 Å². The molecule has 0 unspecified atom stereocenters. The highest BCUT2D eigenvalue weighted by Gasteiger charge is 2.10. The van der Waals surface area contributed by atoms with Crippen molar-refractivity contribution in [3.8, 4) is 11.6 Å². The lowest BCUT2D eigenvalue weighted by atomic mass is 10.2. The Bertz CT molecular complexity index is 1160. The highest BCUT2D eigenvalue weighted by Crippen LogP contribution is 2.30. The maximum absolute atomic E-state index is 12.1. The lowest BCUT2D eigenvalue weighted by Crippen LogP contribution is -2.13. The van der Waals surface area contributed by atoms with Gasteiger partial charge in [-0.25, -0.2) is 14.8 Å². The van der Waals surface area contributed by atoms with Gasteiger partial charge in [0.15, 0.2) is 5.13 Å². The third-order valence-electron chi connectivity index (χ3n) is 4.11. The molecule has 4 rings (SSSR count). The first-order valence-corrected chi connectivity index (χ1v) is 9.68. The van der Waals surface area contributed by atoms with Gasteiger partial charge in [-0.1, -0.05) is 47.7 Å². The number of nitrogens with one attached hydrogen (secondary N) is 1. The van der Waals surface area contributed by atoms with E-state index >= 15 is 0 Å². The Hall–Kier alpha value is -3.65. The number of hydrogen-bond acceptors (Lipinski definition) is 7. The van der Waals surface area contributed by atoms with Gasteiger partial charge in [-0.2, -0.15) is 0 Å². The molecule has 0 bridgehead atoms. The number of hydrogen-bond donors (Lipinski definition) is 2. The quantitative estimate of drug-likeness (QED) is 0.477. The number of benzene rings is 2. The number of amides is 1. The van der Waals surface area contributed by atoms with Crippen LogP contribution in [0.15, 0.2) is 60.7 Å². The molecule has 0 saturated carbocycles. The molecule has 2 aromatic heterocycles. The second-order valence-electron chi connectivity index (χ2n) is 6.29. The topological polar surface area (TPSA) is 99.4 Å². The molecular formula is C21H18N4O3S. The van der Waals surface area contributed by atoms with E-state index in [1.807, 2.05) is 49.4 Å². The Kier molecular flexibility index (Phi) is 5.26. The molecule has 4 aromatic rings. The SMILES string of the molecule is Cc1ccc(NC(=O)OCc2ccccc2)cc1Oc1ccc2nc(N)sc2n1. The largest absolute Gasteiger partial charge is 0.444 e. The summed E-state index contributed by atoms with van der Waals surface area (Å²) in [6.45, 7) is 2.11. The van der Waals surface area contributed by atoms with Crippen LogP contribution in [-0.2, 0) is 11.3 Å². The van der Waals surface area contributed by atoms with Crippen molar-refractivity contribution in [2.24, 2.45) is 0 Å². The molecule has 0 aliphatic carbocycles. The summed E-state index contributed by atoms with van der Waals surface area (Å²) >= 11 is 1.30. The van der Waals surface area contributed by atoms with Gasteiger partial charge in [0.1, 0.15) is 22.7 Å². The van der Waals surface area contributed by atoms with Crippen molar-refractivity contribution in [2.75, 3.05) is 11.1 Å². The van der Waals surface area contributed by atoms with Gasteiger partial charge in [0, 0.05) is 17.8 Å². The Morgan fingerprint density at radius 1 is 1.10 bits per heavy atom.